The zero-order chi connectivity index (χ0) is 17.7. The number of likely N-dealkylation sites (N-methyl/N-ethyl adjacent to an activating group) is 1. The summed E-state index contributed by atoms with van der Waals surface area (Å²) in [5.41, 5.74) is 4.89. The van der Waals surface area contributed by atoms with Crippen molar-refractivity contribution in [2.75, 3.05) is 26.7 Å². The normalized spacial score (nSPS) is 15.6. The van der Waals surface area contributed by atoms with Gasteiger partial charge in [0.25, 0.3) is 0 Å². The molecule has 1 aromatic rings. The Morgan fingerprint density at radius 3 is 2.71 bits per heavy atom. The first-order valence-corrected chi connectivity index (χ1v) is 8.22. The Morgan fingerprint density at radius 1 is 1.29 bits per heavy atom. The molecule has 1 aliphatic rings. The monoisotopic (exact) mass is 332 g/mol. The van der Waals surface area contributed by atoms with Gasteiger partial charge in [-0.2, -0.15) is 0 Å². The largest absolute Gasteiger partial charge is 0.463 e. The number of benzene rings is 1. The number of hydrogen-bond donors (Lipinski definition) is 3. The van der Waals surface area contributed by atoms with Crippen LogP contribution in [0.4, 0.5) is 4.79 Å². The third-order valence-electron chi connectivity index (χ3n) is 4.05. The summed E-state index contributed by atoms with van der Waals surface area (Å²) in [4.78, 5) is 24.9. The van der Waals surface area contributed by atoms with Gasteiger partial charge < -0.3 is 20.3 Å². The lowest BCUT2D eigenvalue weighted by atomic mass is 10.1. The predicted molar refractivity (Wildman–Crippen MR) is 91.6 cm³/mol. The molecular weight excluding hydrogens is 306 g/mol. The summed E-state index contributed by atoms with van der Waals surface area (Å²) < 4.78 is 5.08. The van der Waals surface area contributed by atoms with Gasteiger partial charge in [0, 0.05) is 5.56 Å². The third-order valence-corrected chi connectivity index (χ3v) is 4.05. The zero-order valence-electron chi connectivity index (χ0n) is 14.8. The molecule has 0 bridgehead atoms. The van der Waals surface area contributed by atoms with Gasteiger partial charge in [-0.15, -0.1) is 0 Å². The van der Waals surface area contributed by atoms with Crippen molar-refractivity contribution in [1.82, 2.24) is 10.6 Å². The van der Waals surface area contributed by atoms with E-state index in [-0.39, 0.29) is 18.5 Å². The second-order valence-corrected chi connectivity index (χ2v) is 6.23. The van der Waals surface area contributed by atoms with E-state index in [4.69, 9.17) is 4.74 Å². The molecule has 0 spiro atoms. The van der Waals surface area contributed by atoms with Crippen LogP contribution in [0.1, 0.15) is 23.6 Å². The number of hydrogen-bond acceptors (Lipinski definition) is 3. The first-order chi connectivity index (χ1) is 11.4. The summed E-state index contributed by atoms with van der Waals surface area (Å²) in [6.07, 6.45) is 0. The van der Waals surface area contributed by atoms with E-state index in [9.17, 15) is 9.59 Å². The minimum atomic E-state index is -0.376. The molecule has 2 amide bonds. The Kier molecular flexibility index (Phi) is 5.98. The van der Waals surface area contributed by atoms with Crippen molar-refractivity contribution in [3.63, 3.8) is 0 Å². The highest BCUT2D eigenvalue weighted by atomic mass is 16.5. The van der Waals surface area contributed by atoms with E-state index in [1.165, 1.54) is 21.6 Å². The van der Waals surface area contributed by atoms with Crippen molar-refractivity contribution in [1.29, 1.82) is 0 Å². The number of carbonyl (C=O) groups excluding carboxylic acids is 2. The van der Waals surface area contributed by atoms with Crippen molar-refractivity contribution in [3.8, 4) is 0 Å². The maximum absolute atomic E-state index is 12.1. The van der Waals surface area contributed by atoms with Gasteiger partial charge >= 0.3 is 12.0 Å². The first-order valence-electron chi connectivity index (χ1n) is 8.22. The molecule has 0 saturated heterocycles. The highest BCUT2D eigenvalue weighted by Crippen LogP contribution is 2.10. The summed E-state index contributed by atoms with van der Waals surface area (Å²) in [5.74, 6) is -0.376. The first kappa shape index (κ1) is 18.0. The van der Waals surface area contributed by atoms with E-state index in [0.717, 1.165) is 6.54 Å². The average molecular weight is 332 g/mol. The van der Waals surface area contributed by atoms with Crippen LogP contribution in [0.15, 0.2) is 29.5 Å². The summed E-state index contributed by atoms with van der Waals surface area (Å²) in [5, 5.41) is 5.38. The molecule has 0 aliphatic carbocycles. The van der Waals surface area contributed by atoms with Crippen LogP contribution in [0.3, 0.4) is 0 Å². The van der Waals surface area contributed by atoms with Crippen LogP contribution in [0.2, 0.25) is 0 Å². The zero-order valence-corrected chi connectivity index (χ0v) is 14.8. The van der Waals surface area contributed by atoms with Crippen molar-refractivity contribution in [2.45, 2.75) is 27.3 Å². The van der Waals surface area contributed by atoms with Crippen molar-refractivity contribution >= 4 is 12.0 Å². The predicted octanol–water partition coefficient (Wildman–Crippen LogP) is 0.448. The van der Waals surface area contributed by atoms with E-state index >= 15 is 0 Å². The van der Waals surface area contributed by atoms with Crippen LogP contribution in [0, 0.1) is 13.8 Å². The molecule has 1 aromatic carbocycles. The number of nitrogens with one attached hydrogen (secondary N) is 3. The van der Waals surface area contributed by atoms with Gasteiger partial charge in [-0.1, -0.05) is 23.8 Å². The average Bonchev–Trinajstić information content (AvgIpc) is 2.50. The summed E-state index contributed by atoms with van der Waals surface area (Å²) in [7, 11) is 2.04. The van der Waals surface area contributed by atoms with Gasteiger partial charge in [0.1, 0.15) is 13.1 Å². The molecule has 0 fully saturated rings. The van der Waals surface area contributed by atoms with E-state index in [1.807, 2.05) is 7.05 Å². The van der Waals surface area contributed by atoms with E-state index in [2.05, 4.69) is 42.7 Å². The molecule has 24 heavy (non-hydrogen) atoms. The summed E-state index contributed by atoms with van der Waals surface area (Å²) >= 11 is 0. The summed E-state index contributed by atoms with van der Waals surface area (Å²) in [6.45, 7) is 7.83. The van der Waals surface area contributed by atoms with Crippen LogP contribution < -0.4 is 15.5 Å². The van der Waals surface area contributed by atoms with Gasteiger partial charge in [-0.05, 0) is 26.3 Å². The van der Waals surface area contributed by atoms with Crippen LogP contribution >= 0.6 is 0 Å². The molecular formula is C18H26N3O3+. The second-order valence-electron chi connectivity index (χ2n) is 6.23. The Morgan fingerprint density at radius 2 is 2.04 bits per heavy atom. The van der Waals surface area contributed by atoms with E-state index < -0.39 is 0 Å². The Labute approximate surface area is 142 Å². The number of carbonyl (C=O) groups is 2. The number of rotatable bonds is 6. The van der Waals surface area contributed by atoms with Gasteiger partial charge in [-0.3, -0.25) is 0 Å². The number of esters is 1. The molecule has 3 N–H and O–H groups in total. The minimum Gasteiger partial charge on any atom is -0.463 e. The van der Waals surface area contributed by atoms with Gasteiger partial charge in [-0.25, -0.2) is 9.59 Å². The van der Waals surface area contributed by atoms with Gasteiger partial charge in [0.05, 0.1) is 31.5 Å². The molecule has 0 radical (unpaired) electrons. The van der Waals surface area contributed by atoms with E-state index in [1.54, 1.807) is 6.92 Å². The molecule has 2 rings (SSSR count). The van der Waals surface area contributed by atoms with E-state index in [0.29, 0.717) is 24.4 Å². The maximum Gasteiger partial charge on any atom is 0.337 e. The molecule has 1 aliphatic heterocycles. The molecule has 130 valence electrons. The van der Waals surface area contributed by atoms with Crippen molar-refractivity contribution in [3.05, 3.63) is 46.2 Å². The lowest BCUT2D eigenvalue weighted by molar-refractivity contribution is -0.889. The molecule has 1 unspecified atom stereocenters. The summed E-state index contributed by atoms with van der Waals surface area (Å²) in [6, 6.07) is 6.12. The fourth-order valence-electron chi connectivity index (χ4n) is 2.83. The Hall–Kier alpha value is -2.34. The van der Waals surface area contributed by atoms with Crippen LogP contribution in [0.5, 0.6) is 0 Å². The fraction of sp³-hybridized carbons (Fsp3) is 0.444. The fourth-order valence-corrected chi connectivity index (χ4v) is 2.83. The van der Waals surface area contributed by atoms with Gasteiger partial charge in [0.15, 0.2) is 0 Å². The minimum absolute atomic E-state index is 0.205. The SMILES string of the molecule is CCOC(=O)C1=C(C[NH+](C)Cc2ccc(C)cc2C)NC(=O)NC1. The molecule has 1 atom stereocenters. The number of urea groups is 1. The Balaban J connectivity index is 2.12. The lowest BCUT2D eigenvalue weighted by Crippen LogP contribution is -3.08. The lowest BCUT2D eigenvalue weighted by Gasteiger charge is -2.24. The molecule has 0 aromatic heterocycles. The van der Waals surface area contributed by atoms with Crippen molar-refractivity contribution in [2.24, 2.45) is 0 Å². The second kappa shape index (κ2) is 7.97. The van der Waals surface area contributed by atoms with Crippen LogP contribution in [-0.4, -0.2) is 38.7 Å². The number of quaternary nitrogens is 1. The molecule has 0 saturated carbocycles. The quantitative estimate of drug-likeness (QED) is 0.662. The molecule has 6 heteroatoms. The number of aryl methyl sites for hydroxylation is 2. The Bertz CT molecular complexity index is 667. The molecule has 6 nitrogen and oxygen atoms in total. The third kappa shape index (κ3) is 4.58. The highest BCUT2D eigenvalue weighted by molar-refractivity contribution is 5.93. The highest BCUT2D eigenvalue weighted by Gasteiger charge is 2.25. The topological polar surface area (TPSA) is 71.9 Å². The van der Waals surface area contributed by atoms with Crippen molar-refractivity contribution < 1.29 is 19.2 Å². The number of ether oxygens (including phenoxy) is 1. The smallest absolute Gasteiger partial charge is 0.337 e. The standard InChI is InChI=1S/C18H25N3O3/c1-5-24-17(22)15-9-19-18(23)20-16(15)11-21(4)10-14-7-6-12(2)8-13(14)3/h6-8H,5,9-11H2,1-4H3,(H2,19,20,23)/p+1. The van der Waals surface area contributed by atoms with Gasteiger partial charge in [0.2, 0.25) is 0 Å². The van der Waals surface area contributed by atoms with Crippen LogP contribution in [-0.2, 0) is 16.1 Å². The maximum atomic E-state index is 12.1. The molecule has 1 heterocycles. The van der Waals surface area contributed by atoms with Crippen LogP contribution in [0.25, 0.3) is 0 Å². The number of amides is 2.